The first-order valence-electron chi connectivity index (χ1n) is 8.65. The molecule has 3 N–H and O–H groups in total. The minimum atomic E-state index is -0.308. The Bertz CT molecular complexity index is 859. The van der Waals surface area contributed by atoms with Crippen molar-refractivity contribution in [3.05, 3.63) is 60.7 Å². The second-order valence-electron chi connectivity index (χ2n) is 6.20. The number of carbonyl (C=O) groups excluding carboxylic acids is 2. The van der Waals surface area contributed by atoms with E-state index in [-0.39, 0.29) is 29.7 Å². The van der Waals surface area contributed by atoms with Gasteiger partial charge in [0.25, 0.3) is 0 Å². The molecule has 1 fully saturated rings. The minimum absolute atomic E-state index is 0.0235. The molecule has 7 nitrogen and oxygen atoms in total. The van der Waals surface area contributed by atoms with Crippen molar-refractivity contribution >= 4 is 40.1 Å². The average molecular weight is 381 g/mol. The lowest BCUT2D eigenvalue weighted by Gasteiger charge is -2.32. The molecule has 0 saturated carbocycles. The number of carbonyl (C=O) groups is 2. The van der Waals surface area contributed by atoms with Gasteiger partial charge in [0.1, 0.15) is 6.17 Å². The van der Waals surface area contributed by atoms with Crippen molar-refractivity contribution in [1.82, 2.24) is 10.9 Å². The molecule has 2 atom stereocenters. The van der Waals surface area contributed by atoms with Gasteiger partial charge in [0, 0.05) is 12.2 Å². The lowest BCUT2D eigenvalue weighted by Crippen LogP contribution is -2.49. The average Bonchev–Trinajstić information content (AvgIpc) is 3.17. The van der Waals surface area contributed by atoms with E-state index in [9.17, 15) is 9.59 Å². The molecule has 0 spiro atoms. The molecule has 2 amide bonds. The van der Waals surface area contributed by atoms with Gasteiger partial charge in [0.15, 0.2) is 5.17 Å². The normalized spacial score (nSPS) is 21.6. The number of para-hydroxylation sites is 2. The highest BCUT2D eigenvalue weighted by Gasteiger charge is 2.42. The summed E-state index contributed by atoms with van der Waals surface area (Å²) in [5.41, 5.74) is 7.51. The zero-order valence-electron chi connectivity index (χ0n) is 14.5. The van der Waals surface area contributed by atoms with E-state index < -0.39 is 0 Å². The van der Waals surface area contributed by atoms with Gasteiger partial charge in [-0.15, -0.1) is 0 Å². The zero-order chi connectivity index (χ0) is 18.6. The number of hydrazine groups is 1. The molecule has 4 rings (SSSR count). The maximum absolute atomic E-state index is 13.0. The molecule has 2 unspecified atom stereocenters. The lowest BCUT2D eigenvalue weighted by atomic mass is 10.1. The molecule has 8 heteroatoms. The van der Waals surface area contributed by atoms with Crippen molar-refractivity contribution in [1.29, 1.82) is 0 Å². The van der Waals surface area contributed by atoms with Crippen molar-refractivity contribution in [2.45, 2.75) is 6.17 Å². The van der Waals surface area contributed by atoms with Crippen LogP contribution in [0.1, 0.15) is 0 Å². The number of rotatable bonds is 4. The van der Waals surface area contributed by atoms with Crippen molar-refractivity contribution in [2.24, 2.45) is 10.9 Å². The highest BCUT2D eigenvalue weighted by Crippen LogP contribution is 2.29. The van der Waals surface area contributed by atoms with Crippen LogP contribution in [-0.2, 0) is 9.59 Å². The quantitative estimate of drug-likeness (QED) is 0.752. The topological polar surface area (TPSA) is 85.8 Å². The molecule has 2 aromatic carbocycles. The van der Waals surface area contributed by atoms with Crippen LogP contribution in [0.2, 0.25) is 0 Å². The van der Waals surface area contributed by atoms with Crippen molar-refractivity contribution in [3.8, 4) is 0 Å². The van der Waals surface area contributed by atoms with Crippen LogP contribution in [0, 0.1) is 5.92 Å². The van der Waals surface area contributed by atoms with Crippen LogP contribution in [0.3, 0.4) is 0 Å². The van der Waals surface area contributed by atoms with E-state index in [4.69, 9.17) is 0 Å². The Morgan fingerprint density at radius 1 is 1.15 bits per heavy atom. The van der Waals surface area contributed by atoms with Crippen LogP contribution in [0.4, 0.5) is 11.4 Å². The predicted octanol–water partition coefficient (Wildman–Crippen LogP) is 1.81. The van der Waals surface area contributed by atoms with Gasteiger partial charge in [-0.05, 0) is 24.3 Å². The standard InChI is InChI=1S/C19H19N5O2S/c25-16(21-13-7-3-1-4-8-13)12-27-19-22-17-15(11-20-23-17)18(26)24(19)14-9-5-2-6-10-14/h1-10,15,17,20,23H,11-12H2,(H,21,25). The summed E-state index contributed by atoms with van der Waals surface area (Å²) in [7, 11) is 0. The lowest BCUT2D eigenvalue weighted by molar-refractivity contribution is -0.121. The Morgan fingerprint density at radius 3 is 2.59 bits per heavy atom. The molecule has 2 aromatic rings. The Labute approximate surface area is 161 Å². The van der Waals surface area contributed by atoms with E-state index in [1.165, 1.54) is 11.8 Å². The summed E-state index contributed by atoms with van der Waals surface area (Å²) in [6, 6.07) is 18.7. The van der Waals surface area contributed by atoms with Crippen LogP contribution >= 0.6 is 11.8 Å². The molecule has 0 radical (unpaired) electrons. The minimum Gasteiger partial charge on any atom is -0.325 e. The third-order valence-electron chi connectivity index (χ3n) is 4.34. The van der Waals surface area contributed by atoms with Crippen LogP contribution in [0.5, 0.6) is 0 Å². The number of aliphatic imine (C=N–C) groups is 1. The number of nitrogens with one attached hydrogen (secondary N) is 3. The molecule has 0 aliphatic carbocycles. The van der Waals surface area contributed by atoms with E-state index in [1.54, 1.807) is 4.90 Å². The van der Waals surface area contributed by atoms with E-state index in [0.29, 0.717) is 11.7 Å². The highest BCUT2D eigenvalue weighted by atomic mass is 32.2. The maximum atomic E-state index is 13.0. The molecular formula is C19H19N5O2S. The smallest absolute Gasteiger partial charge is 0.241 e. The fourth-order valence-corrected chi connectivity index (χ4v) is 3.88. The first-order valence-corrected chi connectivity index (χ1v) is 9.64. The SMILES string of the molecule is O=C(CSC1=NC2NNCC2C(=O)N1c1ccccc1)Nc1ccccc1. The molecular weight excluding hydrogens is 362 g/mol. The second-order valence-corrected chi connectivity index (χ2v) is 7.14. The van der Waals surface area contributed by atoms with Gasteiger partial charge in [-0.25, -0.2) is 10.4 Å². The molecule has 138 valence electrons. The Kier molecular flexibility index (Phi) is 5.19. The number of benzene rings is 2. The predicted molar refractivity (Wildman–Crippen MR) is 107 cm³/mol. The number of thioether (sulfide) groups is 1. The molecule has 1 saturated heterocycles. The summed E-state index contributed by atoms with van der Waals surface area (Å²) in [5, 5.41) is 3.37. The molecule has 2 aliphatic rings. The largest absolute Gasteiger partial charge is 0.325 e. The van der Waals surface area contributed by atoms with Gasteiger partial charge >= 0.3 is 0 Å². The molecule has 27 heavy (non-hydrogen) atoms. The number of fused-ring (bicyclic) bond motifs is 1. The molecule has 2 aliphatic heterocycles. The summed E-state index contributed by atoms with van der Waals surface area (Å²) >= 11 is 1.26. The van der Waals surface area contributed by atoms with E-state index in [0.717, 1.165) is 11.4 Å². The highest BCUT2D eigenvalue weighted by molar-refractivity contribution is 8.14. The fourth-order valence-electron chi connectivity index (χ4n) is 3.03. The van der Waals surface area contributed by atoms with Gasteiger partial charge < -0.3 is 5.32 Å². The summed E-state index contributed by atoms with van der Waals surface area (Å²) < 4.78 is 0. The van der Waals surface area contributed by atoms with Crippen LogP contribution in [-0.4, -0.2) is 35.4 Å². The van der Waals surface area contributed by atoms with Gasteiger partial charge in [-0.2, -0.15) is 0 Å². The second kappa shape index (κ2) is 7.91. The summed E-state index contributed by atoms with van der Waals surface area (Å²) in [6.07, 6.45) is -0.308. The zero-order valence-corrected chi connectivity index (χ0v) is 15.3. The maximum Gasteiger partial charge on any atom is 0.241 e. The fraction of sp³-hybridized carbons (Fsp3) is 0.211. The number of nitrogens with zero attached hydrogens (tertiary/aromatic N) is 2. The van der Waals surface area contributed by atoms with Crippen molar-refractivity contribution in [2.75, 3.05) is 22.5 Å². The first-order chi connectivity index (χ1) is 13.2. The van der Waals surface area contributed by atoms with Gasteiger partial charge in [-0.3, -0.25) is 19.9 Å². The number of amides is 2. The van der Waals surface area contributed by atoms with Crippen molar-refractivity contribution < 1.29 is 9.59 Å². The number of hydrogen-bond donors (Lipinski definition) is 3. The van der Waals surface area contributed by atoms with Gasteiger partial charge in [0.05, 0.1) is 17.4 Å². The summed E-state index contributed by atoms with van der Waals surface area (Å²) in [4.78, 5) is 31.6. The monoisotopic (exact) mass is 381 g/mol. The van der Waals surface area contributed by atoms with Gasteiger partial charge in [0.2, 0.25) is 11.8 Å². The summed E-state index contributed by atoms with van der Waals surface area (Å²) in [5.74, 6) is -0.263. The van der Waals surface area contributed by atoms with E-state index in [2.05, 4.69) is 21.2 Å². The molecule has 2 heterocycles. The van der Waals surface area contributed by atoms with Crippen LogP contribution < -0.4 is 21.1 Å². The third kappa shape index (κ3) is 3.87. The van der Waals surface area contributed by atoms with E-state index >= 15 is 0 Å². The first kappa shape index (κ1) is 17.7. The van der Waals surface area contributed by atoms with Crippen LogP contribution in [0.15, 0.2) is 65.7 Å². The number of anilines is 2. The number of hydrogen-bond acceptors (Lipinski definition) is 6. The molecule has 0 bridgehead atoms. The summed E-state index contributed by atoms with van der Waals surface area (Å²) in [6.45, 7) is 0.531. The molecule has 0 aromatic heterocycles. The Hall–Kier alpha value is -2.68. The van der Waals surface area contributed by atoms with Crippen LogP contribution in [0.25, 0.3) is 0 Å². The van der Waals surface area contributed by atoms with Gasteiger partial charge in [-0.1, -0.05) is 48.2 Å². The third-order valence-corrected chi connectivity index (χ3v) is 5.29. The van der Waals surface area contributed by atoms with E-state index in [1.807, 2.05) is 60.7 Å². The van der Waals surface area contributed by atoms with Crippen molar-refractivity contribution in [3.63, 3.8) is 0 Å². The Morgan fingerprint density at radius 2 is 1.85 bits per heavy atom. The number of amidine groups is 1. The Balaban J connectivity index is 1.51.